The Morgan fingerprint density at radius 1 is 0.833 bits per heavy atom. The molecule has 0 unspecified atom stereocenters. The largest absolute Gasteiger partial charge is 0.493 e. The van der Waals surface area contributed by atoms with Crippen LogP contribution >= 0.6 is 0 Å². The smallest absolute Gasteiger partial charge is 0.343 e. The molecule has 4 rings (SSSR count). The fourth-order valence-electron chi connectivity index (χ4n) is 3.43. The zero-order chi connectivity index (χ0) is 25.3. The number of benzene rings is 4. The van der Waals surface area contributed by atoms with Gasteiger partial charge in [-0.3, -0.25) is 4.79 Å². The van der Waals surface area contributed by atoms with Gasteiger partial charge >= 0.3 is 5.97 Å². The Bertz CT molecular complexity index is 1390. The van der Waals surface area contributed by atoms with Crippen molar-refractivity contribution >= 4 is 28.9 Å². The summed E-state index contributed by atoms with van der Waals surface area (Å²) >= 11 is 0. The highest BCUT2D eigenvalue weighted by Gasteiger charge is 2.13. The first-order chi connectivity index (χ1) is 17.6. The van der Waals surface area contributed by atoms with Gasteiger partial charge in [0.05, 0.1) is 26.0 Å². The van der Waals surface area contributed by atoms with Gasteiger partial charge in [0, 0.05) is 5.39 Å². The second-order valence-electron chi connectivity index (χ2n) is 7.59. The van der Waals surface area contributed by atoms with E-state index >= 15 is 0 Å². The van der Waals surface area contributed by atoms with Gasteiger partial charge in [0.15, 0.2) is 18.1 Å². The lowest BCUT2D eigenvalue weighted by Crippen LogP contribution is -2.24. The fourth-order valence-corrected chi connectivity index (χ4v) is 3.43. The molecule has 8 heteroatoms. The van der Waals surface area contributed by atoms with Gasteiger partial charge in [0.25, 0.3) is 5.91 Å². The molecule has 4 aromatic rings. The van der Waals surface area contributed by atoms with Crippen molar-refractivity contribution in [3.63, 3.8) is 0 Å². The van der Waals surface area contributed by atoms with Crippen LogP contribution in [0, 0.1) is 0 Å². The monoisotopic (exact) mass is 484 g/mol. The van der Waals surface area contributed by atoms with E-state index in [1.807, 2.05) is 42.5 Å². The number of rotatable bonds is 9. The molecule has 36 heavy (non-hydrogen) atoms. The summed E-state index contributed by atoms with van der Waals surface area (Å²) in [6.07, 6.45) is 1.48. The lowest BCUT2D eigenvalue weighted by atomic mass is 10.1. The topological polar surface area (TPSA) is 95.5 Å². The predicted octanol–water partition coefficient (Wildman–Crippen LogP) is 4.61. The highest BCUT2D eigenvalue weighted by Crippen LogP contribution is 2.28. The minimum Gasteiger partial charge on any atom is -0.493 e. The molecule has 0 aliphatic rings. The molecule has 0 spiro atoms. The zero-order valence-corrected chi connectivity index (χ0v) is 19.8. The van der Waals surface area contributed by atoms with E-state index in [0.717, 1.165) is 10.8 Å². The summed E-state index contributed by atoms with van der Waals surface area (Å²) in [4.78, 5) is 24.6. The maximum Gasteiger partial charge on any atom is 0.343 e. The molecular weight excluding hydrogens is 460 g/mol. The summed E-state index contributed by atoms with van der Waals surface area (Å²) in [7, 11) is 3.01. The molecule has 4 aromatic carbocycles. The van der Waals surface area contributed by atoms with Gasteiger partial charge in [-0.15, -0.1) is 0 Å². The summed E-state index contributed by atoms with van der Waals surface area (Å²) in [6, 6.07) is 24.9. The average molecular weight is 485 g/mol. The molecule has 0 atom stereocenters. The van der Waals surface area contributed by atoms with Gasteiger partial charge < -0.3 is 18.9 Å². The molecule has 1 amide bonds. The van der Waals surface area contributed by atoms with Crippen molar-refractivity contribution in [3.05, 3.63) is 96.1 Å². The van der Waals surface area contributed by atoms with E-state index in [0.29, 0.717) is 34.1 Å². The molecule has 0 bridgehead atoms. The van der Waals surface area contributed by atoms with E-state index in [-0.39, 0.29) is 12.5 Å². The number of nitrogens with one attached hydrogen (secondary N) is 1. The minimum absolute atomic E-state index is 0.170. The van der Waals surface area contributed by atoms with Crippen molar-refractivity contribution in [2.24, 2.45) is 5.10 Å². The Kier molecular flexibility index (Phi) is 7.77. The van der Waals surface area contributed by atoms with Crippen LogP contribution in [0.5, 0.6) is 23.0 Å². The van der Waals surface area contributed by atoms with E-state index in [9.17, 15) is 9.59 Å². The summed E-state index contributed by atoms with van der Waals surface area (Å²) < 4.78 is 21.5. The summed E-state index contributed by atoms with van der Waals surface area (Å²) in [6.45, 7) is -0.170. The van der Waals surface area contributed by atoms with Gasteiger partial charge in [-0.1, -0.05) is 36.4 Å². The normalized spacial score (nSPS) is 10.7. The third kappa shape index (κ3) is 5.98. The summed E-state index contributed by atoms with van der Waals surface area (Å²) in [5.41, 5.74) is 3.47. The van der Waals surface area contributed by atoms with Crippen molar-refractivity contribution in [1.29, 1.82) is 0 Å². The molecule has 0 radical (unpaired) electrons. The number of carbonyl (C=O) groups excluding carboxylic acids is 2. The number of methoxy groups -OCH3 is 2. The van der Waals surface area contributed by atoms with Gasteiger partial charge in [-0.05, 0) is 59.5 Å². The first-order valence-electron chi connectivity index (χ1n) is 11.0. The molecule has 0 heterocycles. The average Bonchev–Trinajstić information content (AvgIpc) is 2.92. The van der Waals surface area contributed by atoms with Gasteiger partial charge in [-0.2, -0.15) is 5.10 Å². The van der Waals surface area contributed by atoms with Gasteiger partial charge in [-0.25, -0.2) is 10.2 Å². The Morgan fingerprint density at radius 2 is 1.58 bits per heavy atom. The minimum atomic E-state index is -0.532. The molecule has 0 aromatic heterocycles. The van der Waals surface area contributed by atoms with Crippen molar-refractivity contribution in [3.8, 4) is 23.0 Å². The lowest BCUT2D eigenvalue weighted by molar-refractivity contribution is -0.123. The second kappa shape index (κ2) is 11.5. The third-order valence-electron chi connectivity index (χ3n) is 5.22. The van der Waals surface area contributed by atoms with E-state index in [1.165, 1.54) is 20.4 Å². The number of hydrogen-bond acceptors (Lipinski definition) is 7. The number of carbonyl (C=O) groups is 2. The number of fused-ring (bicyclic) bond motifs is 1. The quantitative estimate of drug-likeness (QED) is 0.161. The van der Waals surface area contributed by atoms with Crippen LogP contribution in [0.2, 0.25) is 0 Å². The summed E-state index contributed by atoms with van der Waals surface area (Å²) in [5.74, 6) is 1.02. The van der Waals surface area contributed by atoms with Crippen molar-refractivity contribution < 1.29 is 28.5 Å². The molecule has 182 valence electrons. The Balaban J connectivity index is 1.28. The van der Waals surface area contributed by atoms with E-state index in [4.69, 9.17) is 18.9 Å². The first-order valence-corrected chi connectivity index (χ1v) is 11.0. The number of nitrogens with zero attached hydrogens (tertiary/aromatic N) is 1. The van der Waals surface area contributed by atoms with Crippen LogP contribution in [-0.2, 0) is 4.79 Å². The predicted molar refractivity (Wildman–Crippen MR) is 136 cm³/mol. The second-order valence-corrected chi connectivity index (χ2v) is 7.59. The van der Waals surface area contributed by atoms with Crippen molar-refractivity contribution in [2.75, 3.05) is 20.8 Å². The lowest BCUT2D eigenvalue weighted by Gasteiger charge is -2.09. The first kappa shape index (κ1) is 24.3. The molecule has 0 aliphatic carbocycles. The standard InChI is InChI=1S/C28H24N2O6/c1-33-25-15-12-21(16-26(25)34-2)28(32)36-22-13-10-19(11-14-22)17-29-30-27(31)18-35-24-9-5-7-20-6-3-4-8-23(20)24/h3-17H,18H2,1-2H3,(H,30,31)/b29-17+. The van der Waals surface area contributed by atoms with Crippen LogP contribution in [0.4, 0.5) is 0 Å². The summed E-state index contributed by atoms with van der Waals surface area (Å²) in [5, 5.41) is 5.92. The zero-order valence-electron chi connectivity index (χ0n) is 19.8. The molecular formula is C28H24N2O6. The molecule has 0 saturated carbocycles. The maximum absolute atomic E-state index is 12.4. The fraction of sp³-hybridized carbons (Fsp3) is 0.107. The molecule has 0 fully saturated rings. The molecule has 1 N–H and O–H groups in total. The van der Waals surface area contributed by atoms with Crippen LogP contribution in [0.1, 0.15) is 15.9 Å². The van der Waals surface area contributed by atoms with Crippen LogP contribution in [-0.4, -0.2) is 38.9 Å². The number of hydrazone groups is 1. The molecule has 0 saturated heterocycles. The SMILES string of the molecule is COc1ccc(C(=O)Oc2ccc(/C=N/NC(=O)COc3cccc4ccccc34)cc2)cc1OC. The highest BCUT2D eigenvalue weighted by atomic mass is 16.5. The number of ether oxygens (including phenoxy) is 4. The Morgan fingerprint density at radius 3 is 2.36 bits per heavy atom. The van der Waals surface area contributed by atoms with Crippen molar-refractivity contribution in [1.82, 2.24) is 5.43 Å². The Labute approximate surface area is 208 Å². The van der Waals surface area contributed by atoms with E-state index < -0.39 is 5.97 Å². The number of esters is 1. The van der Waals surface area contributed by atoms with Gasteiger partial charge in [0.2, 0.25) is 0 Å². The molecule has 0 aliphatic heterocycles. The highest BCUT2D eigenvalue weighted by molar-refractivity contribution is 5.92. The van der Waals surface area contributed by atoms with Crippen LogP contribution in [0.15, 0.2) is 90.0 Å². The number of amides is 1. The Hall–Kier alpha value is -4.85. The number of hydrogen-bond donors (Lipinski definition) is 1. The third-order valence-corrected chi connectivity index (χ3v) is 5.22. The maximum atomic E-state index is 12.4. The van der Waals surface area contributed by atoms with Crippen molar-refractivity contribution in [2.45, 2.75) is 0 Å². The van der Waals surface area contributed by atoms with Gasteiger partial charge in [0.1, 0.15) is 11.5 Å². The van der Waals surface area contributed by atoms with Crippen LogP contribution in [0.25, 0.3) is 10.8 Å². The van der Waals surface area contributed by atoms with E-state index in [1.54, 1.807) is 42.5 Å². The molecule has 8 nitrogen and oxygen atoms in total. The van der Waals surface area contributed by atoms with Crippen LogP contribution < -0.4 is 24.4 Å². The van der Waals surface area contributed by atoms with E-state index in [2.05, 4.69) is 10.5 Å². The van der Waals surface area contributed by atoms with Crippen LogP contribution in [0.3, 0.4) is 0 Å².